The summed E-state index contributed by atoms with van der Waals surface area (Å²) >= 11 is 1.60. The molecule has 0 fully saturated rings. The second kappa shape index (κ2) is 10.3. The van der Waals surface area contributed by atoms with Gasteiger partial charge in [-0.1, -0.05) is 121 Å². The van der Waals surface area contributed by atoms with Gasteiger partial charge >= 0.3 is 5.97 Å². The Hall–Kier alpha value is -3.30. The number of rotatable bonds is 8. The summed E-state index contributed by atoms with van der Waals surface area (Å²) in [6, 6.07) is 40.4. The maximum atomic E-state index is 13.1. The van der Waals surface area contributed by atoms with Crippen molar-refractivity contribution in [1.82, 2.24) is 0 Å². The van der Waals surface area contributed by atoms with Gasteiger partial charge in [0.2, 0.25) is 0 Å². The van der Waals surface area contributed by atoms with E-state index in [2.05, 4.69) is 31.2 Å². The molecule has 0 N–H and O–H groups in total. The molecular weight excluding hydrogens is 412 g/mol. The fourth-order valence-electron chi connectivity index (χ4n) is 3.80. The molecule has 4 aromatic rings. The van der Waals surface area contributed by atoms with E-state index in [1.165, 1.54) is 0 Å². The van der Waals surface area contributed by atoms with Gasteiger partial charge in [-0.15, -0.1) is 11.8 Å². The highest BCUT2D eigenvalue weighted by Crippen LogP contribution is 2.42. The van der Waals surface area contributed by atoms with Crippen molar-refractivity contribution >= 4 is 17.7 Å². The third kappa shape index (κ3) is 5.12. The molecule has 3 heteroatoms. The zero-order chi connectivity index (χ0) is 22.2. The molecule has 0 radical (unpaired) electrons. The molecule has 0 aliphatic carbocycles. The second-order valence-electron chi connectivity index (χ2n) is 7.75. The SMILES string of the molecule is CC(SCC(=O)OC(c1ccccc1)c1ccccc1)(c1ccccc1)c1ccccc1. The Bertz CT molecular complexity index is 1030. The Kier molecular flexibility index (Phi) is 7.08. The highest BCUT2D eigenvalue weighted by Gasteiger charge is 2.31. The van der Waals surface area contributed by atoms with Crippen LogP contribution in [0.25, 0.3) is 0 Å². The average Bonchev–Trinajstić information content (AvgIpc) is 2.88. The van der Waals surface area contributed by atoms with E-state index in [1.807, 2.05) is 97.1 Å². The third-order valence-corrected chi connectivity index (χ3v) is 7.01. The van der Waals surface area contributed by atoms with Crippen LogP contribution in [0.4, 0.5) is 0 Å². The van der Waals surface area contributed by atoms with Crippen molar-refractivity contribution in [3.05, 3.63) is 144 Å². The van der Waals surface area contributed by atoms with E-state index in [-0.39, 0.29) is 16.5 Å². The predicted octanol–water partition coefficient (Wildman–Crippen LogP) is 7.02. The molecule has 160 valence electrons. The lowest BCUT2D eigenvalue weighted by atomic mass is 9.92. The first-order valence-electron chi connectivity index (χ1n) is 10.7. The Morgan fingerprint density at radius 1 is 0.688 bits per heavy atom. The van der Waals surface area contributed by atoms with Gasteiger partial charge in [0.15, 0.2) is 6.10 Å². The Morgan fingerprint density at radius 3 is 1.47 bits per heavy atom. The minimum Gasteiger partial charge on any atom is -0.452 e. The molecule has 32 heavy (non-hydrogen) atoms. The molecular formula is C29H26O2S. The molecule has 0 unspecified atom stereocenters. The predicted molar refractivity (Wildman–Crippen MR) is 133 cm³/mol. The molecule has 0 saturated heterocycles. The van der Waals surface area contributed by atoms with E-state index in [0.29, 0.717) is 0 Å². The van der Waals surface area contributed by atoms with Gasteiger partial charge in [0.25, 0.3) is 0 Å². The number of hydrogen-bond acceptors (Lipinski definition) is 3. The van der Waals surface area contributed by atoms with E-state index in [4.69, 9.17) is 4.74 Å². The van der Waals surface area contributed by atoms with E-state index in [1.54, 1.807) is 11.8 Å². The second-order valence-corrected chi connectivity index (χ2v) is 9.14. The maximum Gasteiger partial charge on any atom is 0.316 e. The van der Waals surface area contributed by atoms with Crippen molar-refractivity contribution in [2.75, 3.05) is 5.75 Å². The van der Waals surface area contributed by atoms with Gasteiger partial charge in [-0.3, -0.25) is 4.79 Å². The molecule has 0 aliphatic heterocycles. The van der Waals surface area contributed by atoms with Gasteiger partial charge in [0, 0.05) is 0 Å². The van der Waals surface area contributed by atoms with Crippen LogP contribution in [-0.2, 0) is 14.3 Å². The number of carbonyl (C=O) groups excluding carboxylic acids is 1. The zero-order valence-corrected chi connectivity index (χ0v) is 18.9. The van der Waals surface area contributed by atoms with Crippen LogP contribution >= 0.6 is 11.8 Å². The van der Waals surface area contributed by atoms with Crippen molar-refractivity contribution in [1.29, 1.82) is 0 Å². The molecule has 0 heterocycles. The average molecular weight is 439 g/mol. The van der Waals surface area contributed by atoms with E-state index in [9.17, 15) is 4.79 Å². The first-order chi connectivity index (χ1) is 15.7. The van der Waals surface area contributed by atoms with Gasteiger partial charge < -0.3 is 4.74 Å². The fourth-order valence-corrected chi connectivity index (χ4v) is 4.88. The molecule has 0 amide bonds. The Labute approximate surface area is 194 Å². The number of carbonyl (C=O) groups is 1. The molecule has 4 rings (SSSR count). The van der Waals surface area contributed by atoms with Crippen molar-refractivity contribution in [3.8, 4) is 0 Å². The minimum absolute atomic E-state index is 0.231. The van der Waals surface area contributed by atoms with Crippen LogP contribution < -0.4 is 0 Å². The van der Waals surface area contributed by atoms with Crippen molar-refractivity contribution in [2.45, 2.75) is 17.8 Å². The van der Waals surface area contributed by atoms with E-state index < -0.39 is 6.10 Å². The molecule has 0 aliphatic rings. The zero-order valence-electron chi connectivity index (χ0n) is 18.1. The fraction of sp³-hybridized carbons (Fsp3) is 0.138. The van der Waals surface area contributed by atoms with Crippen LogP contribution in [0.2, 0.25) is 0 Å². The van der Waals surface area contributed by atoms with Gasteiger partial charge in [-0.2, -0.15) is 0 Å². The lowest BCUT2D eigenvalue weighted by Crippen LogP contribution is -2.23. The standard InChI is InChI=1S/C29H26O2S/c1-29(25-18-10-4-11-19-25,26-20-12-5-13-21-26)32-22-27(30)31-28(23-14-6-2-7-15-23)24-16-8-3-9-17-24/h2-21,28H,22H2,1H3. The summed E-state index contributed by atoms with van der Waals surface area (Å²) in [4.78, 5) is 13.1. The van der Waals surface area contributed by atoms with Crippen LogP contribution in [0.1, 0.15) is 35.3 Å². The number of esters is 1. The maximum absolute atomic E-state index is 13.1. The van der Waals surface area contributed by atoms with Crippen LogP contribution in [0.15, 0.2) is 121 Å². The molecule has 0 aromatic heterocycles. The number of hydrogen-bond donors (Lipinski definition) is 0. The van der Waals surface area contributed by atoms with Crippen molar-refractivity contribution in [2.24, 2.45) is 0 Å². The summed E-state index contributed by atoms with van der Waals surface area (Å²) in [6.45, 7) is 2.17. The summed E-state index contributed by atoms with van der Waals surface area (Å²) in [5.74, 6) is 0.0157. The first kappa shape index (κ1) is 21.9. The summed E-state index contributed by atoms with van der Waals surface area (Å²) in [5.41, 5.74) is 4.25. The van der Waals surface area contributed by atoms with Crippen LogP contribution in [0.3, 0.4) is 0 Å². The molecule has 0 saturated carbocycles. The topological polar surface area (TPSA) is 26.3 Å². The lowest BCUT2D eigenvalue weighted by Gasteiger charge is -2.30. The lowest BCUT2D eigenvalue weighted by molar-refractivity contribution is -0.144. The molecule has 0 bridgehead atoms. The molecule has 0 spiro atoms. The monoisotopic (exact) mass is 438 g/mol. The van der Waals surface area contributed by atoms with Gasteiger partial charge in [-0.05, 0) is 29.2 Å². The normalized spacial score (nSPS) is 11.3. The highest BCUT2D eigenvalue weighted by atomic mass is 32.2. The number of thioether (sulfide) groups is 1. The summed E-state index contributed by atoms with van der Waals surface area (Å²) < 4.78 is 5.67. The quantitative estimate of drug-likeness (QED) is 0.277. The summed E-state index contributed by atoms with van der Waals surface area (Å²) in [7, 11) is 0. The first-order valence-corrected chi connectivity index (χ1v) is 11.7. The van der Waals surface area contributed by atoms with E-state index in [0.717, 1.165) is 22.3 Å². The summed E-state index contributed by atoms with van der Waals surface area (Å²) in [5, 5.41) is 0. The Morgan fingerprint density at radius 2 is 1.06 bits per heavy atom. The van der Waals surface area contributed by atoms with Crippen molar-refractivity contribution < 1.29 is 9.53 Å². The van der Waals surface area contributed by atoms with Crippen LogP contribution in [-0.4, -0.2) is 11.7 Å². The summed E-state index contributed by atoms with van der Waals surface area (Å²) in [6.07, 6.45) is -0.426. The van der Waals surface area contributed by atoms with Crippen LogP contribution in [0.5, 0.6) is 0 Å². The van der Waals surface area contributed by atoms with Gasteiger partial charge in [0.05, 0.1) is 10.5 Å². The van der Waals surface area contributed by atoms with Gasteiger partial charge in [-0.25, -0.2) is 0 Å². The number of ether oxygens (including phenoxy) is 1. The molecule has 0 atom stereocenters. The molecule has 2 nitrogen and oxygen atoms in total. The third-order valence-electron chi connectivity index (χ3n) is 5.58. The Balaban J connectivity index is 1.55. The smallest absolute Gasteiger partial charge is 0.316 e. The van der Waals surface area contributed by atoms with E-state index >= 15 is 0 Å². The minimum atomic E-state index is -0.426. The van der Waals surface area contributed by atoms with Crippen molar-refractivity contribution in [3.63, 3.8) is 0 Å². The number of benzene rings is 4. The highest BCUT2D eigenvalue weighted by molar-refractivity contribution is 8.01. The molecule has 4 aromatic carbocycles. The van der Waals surface area contributed by atoms with Crippen LogP contribution in [0, 0.1) is 0 Å². The largest absolute Gasteiger partial charge is 0.452 e. The van der Waals surface area contributed by atoms with Gasteiger partial charge in [0.1, 0.15) is 0 Å².